The van der Waals surface area contributed by atoms with Gasteiger partial charge in [0.1, 0.15) is 0 Å². The molecule has 24 heavy (non-hydrogen) atoms. The van der Waals surface area contributed by atoms with E-state index in [4.69, 9.17) is 14.2 Å². The molecular weight excluding hydrogens is 306 g/mol. The number of nitrogens with zero attached hydrogens (tertiary/aromatic N) is 3. The number of aromatic nitrogens is 2. The van der Waals surface area contributed by atoms with Gasteiger partial charge in [-0.2, -0.15) is 5.10 Å². The molecule has 6 heteroatoms. The number of hydrogen-bond acceptors (Lipinski definition) is 5. The van der Waals surface area contributed by atoms with E-state index >= 15 is 0 Å². The largest absolute Gasteiger partial charge is 0.454 e. The third kappa shape index (κ3) is 2.87. The van der Waals surface area contributed by atoms with Gasteiger partial charge < -0.3 is 14.2 Å². The summed E-state index contributed by atoms with van der Waals surface area (Å²) in [6.07, 6.45) is 2.00. The Morgan fingerprint density at radius 1 is 1.29 bits per heavy atom. The topological polar surface area (TPSA) is 48.8 Å². The molecule has 0 saturated carbocycles. The lowest BCUT2D eigenvalue weighted by atomic mass is 9.95. The molecule has 0 unspecified atom stereocenters. The lowest BCUT2D eigenvalue weighted by molar-refractivity contribution is 0.104. The molecule has 1 atom stereocenters. The lowest BCUT2D eigenvalue weighted by Gasteiger charge is -2.33. The molecule has 0 saturated heterocycles. The minimum Gasteiger partial charge on any atom is -0.454 e. The highest BCUT2D eigenvalue weighted by Gasteiger charge is 2.28. The van der Waals surface area contributed by atoms with Gasteiger partial charge in [0, 0.05) is 44.8 Å². The van der Waals surface area contributed by atoms with Gasteiger partial charge in [-0.05, 0) is 24.6 Å². The van der Waals surface area contributed by atoms with E-state index in [-0.39, 0.29) is 0 Å². The van der Waals surface area contributed by atoms with Crippen molar-refractivity contribution < 1.29 is 14.2 Å². The molecular formula is C18H23N3O3. The second-order valence-corrected chi connectivity index (χ2v) is 6.38. The van der Waals surface area contributed by atoms with Gasteiger partial charge in [-0.1, -0.05) is 6.07 Å². The second kappa shape index (κ2) is 6.45. The lowest BCUT2D eigenvalue weighted by Crippen LogP contribution is -2.35. The van der Waals surface area contributed by atoms with Crippen LogP contribution in [0.3, 0.4) is 0 Å². The highest BCUT2D eigenvalue weighted by Crippen LogP contribution is 2.34. The van der Waals surface area contributed by atoms with Crippen LogP contribution in [0.15, 0.2) is 24.4 Å². The van der Waals surface area contributed by atoms with Crippen molar-refractivity contribution in [3.63, 3.8) is 0 Å². The summed E-state index contributed by atoms with van der Waals surface area (Å²) in [7, 11) is 2.01. The summed E-state index contributed by atoms with van der Waals surface area (Å²) in [4.78, 5) is 2.45. The van der Waals surface area contributed by atoms with E-state index in [1.54, 1.807) is 0 Å². The van der Waals surface area contributed by atoms with Gasteiger partial charge in [0.2, 0.25) is 6.79 Å². The molecule has 4 rings (SSSR count). The molecule has 0 N–H and O–H groups in total. The van der Waals surface area contributed by atoms with Gasteiger partial charge in [-0.25, -0.2) is 0 Å². The van der Waals surface area contributed by atoms with Gasteiger partial charge in [0.25, 0.3) is 0 Å². The first-order chi connectivity index (χ1) is 11.7. The van der Waals surface area contributed by atoms with Crippen molar-refractivity contribution in [2.24, 2.45) is 7.05 Å². The van der Waals surface area contributed by atoms with E-state index in [1.165, 1.54) is 16.8 Å². The predicted molar refractivity (Wildman–Crippen MR) is 89.1 cm³/mol. The normalized spacial score (nSPS) is 19.5. The van der Waals surface area contributed by atoms with Crippen molar-refractivity contribution in [1.82, 2.24) is 14.7 Å². The van der Waals surface area contributed by atoms with Crippen LogP contribution in [0, 0.1) is 0 Å². The molecule has 6 nitrogen and oxygen atoms in total. The molecule has 2 aromatic rings. The van der Waals surface area contributed by atoms with Crippen LogP contribution in [0.2, 0.25) is 0 Å². The number of fused-ring (bicyclic) bond motifs is 2. The smallest absolute Gasteiger partial charge is 0.231 e. The molecule has 128 valence electrons. The van der Waals surface area contributed by atoms with Crippen molar-refractivity contribution in [3.8, 4) is 11.5 Å². The van der Waals surface area contributed by atoms with Crippen LogP contribution < -0.4 is 9.47 Å². The Kier molecular flexibility index (Phi) is 4.16. The third-order valence-corrected chi connectivity index (χ3v) is 4.75. The van der Waals surface area contributed by atoms with Crippen molar-refractivity contribution in [2.75, 3.05) is 26.6 Å². The Labute approximate surface area is 141 Å². The number of hydrogen-bond donors (Lipinski definition) is 0. The standard InChI is InChI=1S/C18H23N3O3/c1-3-22-11-14-9-21(10-16-15(14)7-19-20(16)2)8-13-4-5-17-18(6-13)24-12-23-17/h4-7,14H,3,8-12H2,1-2H3/t14-/m1/s1. The first-order valence-electron chi connectivity index (χ1n) is 8.44. The summed E-state index contributed by atoms with van der Waals surface area (Å²) in [5.74, 6) is 2.05. The van der Waals surface area contributed by atoms with E-state index in [2.05, 4.69) is 22.1 Å². The monoisotopic (exact) mass is 329 g/mol. The first kappa shape index (κ1) is 15.5. The zero-order valence-corrected chi connectivity index (χ0v) is 14.2. The molecule has 1 aromatic heterocycles. The maximum Gasteiger partial charge on any atom is 0.231 e. The van der Waals surface area contributed by atoms with E-state index in [1.807, 2.05) is 30.9 Å². The Balaban J connectivity index is 1.52. The molecule has 3 heterocycles. The average molecular weight is 329 g/mol. The van der Waals surface area contributed by atoms with Crippen molar-refractivity contribution in [3.05, 3.63) is 41.2 Å². The van der Waals surface area contributed by atoms with Gasteiger partial charge in [-0.3, -0.25) is 9.58 Å². The molecule has 0 radical (unpaired) electrons. The quantitative estimate of drug-likeness (QED) is 0.842. The zero-order chi connectivity index (χ0) is 16.5. The minimum atomic E-state index is 0.317. The molecule has 0 spiro atoms. The van der Waals surface area contributed by atoms with E-state index < -0.39 is 0 Å². The van der Waals surface area contributed by atoms with E-state index in [0.29, 0.717) is 12.7 Å². The Morgan fingerprint density at radius 2 is 2.17 bits per heavy atom. The van der Waals surface area contributed by atoms with E-state index in [0.717, 1.165) is 44.3 Å². The predicted octanol–water partition coefficient (Wildman–Crippen LogP) is 2.28. The first-order valence-corrected chi connectivity index (χ1v) is 8.44. The van der Waals surface area contributed by atoms with Crippen LogP contribution in [-0.2, 0) is 24.9 Å². The van der Waals surface area contributed by atoms with Crippen LogP contribution in [0.25, 0.3) is 0 Å². The second-order valence-electron chi connectivity index (χ2n) is 6.38. The van der Waals surface area contributed by atoms with Gasteiger partial charge in [0.15, 0.2) is 11.5 Å². The average Bonchev–Trinajstić information content (AvgIpc) is 3.19. The van der Waals surface area contributed by atoms with Crippen LogP contribution in [0.4, 0.5) is 0 Å². The summed E-state index contributed by atoms with van der Waals surface area (Å²) in [6, 6.07) is 6.19. The van der Waals surface area contributed by atoms with Crippen molar-refractivity contribution in [2.45, 2.75) is 25.9 Å². The molecule has 0 fully saturated rings. The fraction of sp³-hybridized carbons (Fsp3) is 0.500. The van der Waals surface area contributed by atoms with Crippen LogP contribution >= 0.6 is 0 Å². The number of ether oxygens (including phenoxy) is 3. The van der Waals surface area contributed by atoms with E-state index in [9.17, 15) is 0 Å². The van der Waals surface area contributed by atoms with Crippen LogP contribution in [0.5, 0.6) is 11.5 Å². The number of aryl methyl sites for hydroxylation is 1. The summed E-state index contributed by atoms with van der Waals surface area (Å²) in [5, 5.41) is 4.44. The van der Waals surface area contributed by atoms with Crippen molar-refractivity contribution >= 4 is 0 Å². The maximum absolute atomic E-state index is 5.70. The van der Waals surface area contributed by atoms with Gasteiger partial charge in [-0.15, -0.1) is 0 Å². The molecule has 0 bridgehead atoms. The fourth-order valence-corrected chi connectivity index (χ4v) is 3.52. The number of rotatable bonds is 5. The SMILES string of the molecule is CCOC[C@H]1CN(Cc2ccc3c(c2)OCO3)Cc2c1cnn2C. The highest BCUT2D eigenvalue weighted by molar-refractivity contribution is 5.44. The zero-order valence-electron chi connectivity index (χ0n) is 14.2. The van der Waals surface area contributed by atoms with Gasteiger partial charge in [0.05, 0.1) is 18.5 Å². The van der Waals surface area contributed by atoms with Crippen LogP contribution in [-0.4, -0.2) is 41.2 Å². The highest BCUT2D eigenvalue weighted by atomic mass is 16.7. The summed E-state index contributed by atoms with van der Waals surface area (Å²) in [6.45, 7) is 6.61. The molecule has 1 aromatic carbocycles. The maximum atomic E-state index is 5.70. The van der Waals surface area contributed by atoms with Crippen molar-refractivity contribution in [1.29, 1.82) is 0 Å². The fourth-order valence-electron chi connectivity index (χ4n) is 3.52. The molecule has 0 aliphatic carbocycles. The third-order valence-electron chi connectivity index (χ3n) is 4.75. The Hall–Kier alpha value is -2.05. The Morgan fingerprint density at radius 3 is 3.04 bits per heavy atom. The molecule has 0 amide bonds. The summed E-state index contributed by atoms with van der Waals surface area (Å²) >= 11 is 0. The van der Waals surface area contributed by atoms with Crippen LogP contribution in [0.1, 0.15) is 29.7 Å². The summed E-state index contributed by atoms with van der Waals surface area (Å²) in [5.41, 5.74) is 3.85. The molecule has 2 aliphatic rings. The minimum absolute atomic E-state index is 0.317. The number of benzene rings is 1. The van der Waals surface area contributed by atoms with Gasteiger partial charge >= 0.3 is 0 Å². The Bertz CT molecular complexity index is 728. The summed E-state index contributed by atoms with van der Waals surface area (Å²) < 4.78 is 18.6. The molecule has 2 aliphatic heterocycles.